The lowest BCUT2D eigenvalue weighted by Gasteiger charge is -2.14. The van der Waals surface area contributed by atoms with Crippen molar-refractivity contribution in [1.29, 1.82) is 0 Å². The largest absolute Gasteiger partial charge is 0.502 e. The molecule has 124 valence electrons. The van der Waals surface area contributed by atoms with Crippen molar-refractivity contribution >= 4 is 11.0 Å². The summed E-state index contributed by atoms with van der Waals surface area (Å²) in [5, 5.41) is 10.4. The minimum absolute atomic E-state index is 0.0571. The van der Waals surface area contributed by atoms with Crippen molar-refractivity contribution < 1.29 is 23.7 Å². The Morgan fingerprint density at radius 2 is 1.62 bits per heavy atom. The van der Waals surface area contributed by atoms with E-state index in [2.05, 4.69) is 0 Å². The number of rotatable bonds is 4. The van der Waals surface area contributed by atoms with Crippen LogP contribution < -0.4 is 19.6 Å². The smallest absolute Gasteiger partial charge is 0.238 e. The maximum absolute atomic E-state index is 12.7. The first kappa shape index (κ1) is 15.7. The molecule has 0 saturated carbocycles. The van der Waals surface area contributed by atoms with Crippen LogP contribution in [0.5, 0.6) is 23.0 Å². The van der Waals surface area contributed by atoms with E-state index in [0.29, 0.717) is 11.3 Å². The predicted octanol–water partition coefficient (Wildman–Crippen LogP) is 3.19. The van der Waals surface area contributed by atoms with Crippen molar-refractivity contribution in [1.82, 2.24) is 0 Å². The molecular formula is C18H16O6. The molecule has 1 heterocycles. The molecule has 3 aromatic rings. The van der Waals surface area contributed by atoms with E-state index >= 15 is 0 Å². The van der Waals surface area contributed by atoms with Gasteiger partial charge in [-0.05, 0) is 0 Å². The van der Waals surface area contributed by atoms with E-state index in [4.69, 9.17) is 18.6 Å². The van der Waals surface area contributed by atoms with E-state index < -0.39 is 11.2 Å². The Balaban J connectivity index is 2.48. The average molecular weight is 328 g/mol. The summed E-state index contributed by atoms with van der Waals surface area (Å²) in [7, 11) is 4.33. The summed E-state index contributed by atoms with van der Waals surface area (Å²) < 4.78 is 21.7. The molecule has 1 aromatic heterocycles. The van der Waals surface area contributed by atoms with Gasteiger partial charge < -0.3 is 23.7 Å². The van der Waals surface area contributed by atoms with Crippen LogP contribution in [0.4, 0.5) is 0 Å². The van der Waals surface area contributed by atoms with Crippen LogP contribution in [0.15, 0.2) is 45.6 Å². The van der Waals surface area contributed by atoms with E-state index in [9.17, 15) is 9.90 Å². The number of methoxy groups -OCH3 is 3. The van der Waals surface area contributed by atoms with Gasteiger partial charge in [0.15, 0.2) is 17.1 Å². The number of hydrogen-bond donors (Lipinski definition) is 1. The van der Waals surface area contributed by atoms with Crippen molar-refractivity contribution in [2.24, 2.45) is 0 Å². The zero-order valence-corrected chi connectivity index (χ0v) is 13.5. The second-order valence-corrected chi connectivity index (χ2v) is 4.99. The zero-order valence-electron chi connectivity index (χ0n) is 13.5. The third-order valence-electron chi connectivity index (χ3n) is 3.71. The van der Waals surface area contributed by atoms with Crippen LogP contribution in [0, 0.1) is 0 Å². The van der Waals surface area contributed by atoms with Crippen LogP contribution >= 0.6 is 0 Å². The highest BCUT2D eigenvalue weighted by Crippen LogP contribution is 2.43. The summed E-state index contributed by atoms with van der Waals surface area (Å²) in [6.45, 7) is 0. The molecule has 0 fully saturated rings. The van der Waals surface area contributed by atoms with Gasteiger partial charge in [0.05, 0.1) is 21.3 Å². The van der Waals surface area contributed by atoms with Crippen molar-refractivity contribution in [3.8, 4) is 34.3 Å². The molecule has 0 atom stereocenters. The normalized spacial score (nSPS) is 10.6. The highest BCUT2D eigenvalue weighted by Gasteiger charge is 2.24. The van der Waals surface area contributed by atoms with Gasteiger partial charge >= 0.3 is 0 Å². The minimum Gasteiger partial charge on any atom is -0.502 e. The Labute approximate surface area is 137 Å². The molecule has 1 N–H and O–H groups in total. The van der Waals surface area contributed by atoms with Crippen molar-refractivity contribution in [2.45, 2.75) is 0 Å². The third kappa shape index (κ3) is 2.32. The highest BCUT2D eigenvalue weighted by molar-refractivity contribution is 5.93. The highest BCUT2D eigenvalue weighted by atomic mass is 16.5. The van der Waals surface area contributed by atoms with Gasteiger partial charge in [-0.2, -0.15) is 0 Å². The van der Waals surface area contributed by atoms with Crippen LogP contribution in [0.25, 0.3) is 22.3 Å². The van der Waals surface area contributed by atoms with Crippen LogP contribution in [0.3, 0.4) is 0 Å². The fourth-order valence-electron chi connectivity index (χ4n) is 2.57. The third-order valence-corrected chi connectivity index (χ3v) is 3.71. The average Bonchev–Trinajstić information content (AvgIpc) is 2.63. The Kier molecular flexibility index (Phi) is 4.04. The summed E-state index contributed by atoms with van der Waals surface area (Å²) in [6.07, 6.45) is 0. The predicted molar refractivity (Wildman–Crippen MR) is 89.2 cm³/mol. The summed E-state index contributed by atoms with van der Waals surface area (Å²) in [5.74, 6) is 0.407. The molecule has 0 bridgehead atoms. The molecule has 0 spiro atoms. The topological polar surface area (TPSA) is 78.1 Å². The van der Waals surface area contributed by atoms with Gasteiger partial charge in [-0.25, -0.2) is 0 Å². The van der Waals surface area contributed by atoms with Crippen LogP contribution in [-0.4, -0.2) is 26.4 Å². The lowest BCUT2D eigenvalue weighted by atomic mass is 10.1. The number of benzene rings is 2. The first-order chi connectivity index (χ1) is 11.6. The Bertz CT molecular complexity index is 943. The molecule has 0 aliphatic rings. The second-order valence-electron chi connectivity index (χ2n) is 4.99. The van der Waals surface area contributed by atoms with Crippen molar-refractivity contribution in [3.63, 3.8) is 0 Å². The number of ether oxygens (including phenoxy) is 3. The fourth-order valence-corrected chi connectivity index (χ4v) is 2.57. The first-order valence-electron chi connectivity index (χ1n) is 7.16. The molecule has 0 radical (unpaired) electrons. The fraction of sp³-hybridized carbons (Fsp3) is 0.167. The summed E-state index contributed by atoms with van der Waals surface area (Å²) in [5.41, 5.74) is 0.112. The van der Waals surface area contributed by atoms with E-state index in [1.54, 1.807) is 24.3 Å². The molecule has 2 aromatic carbocycles. The molecule has 0 amide bonds. The molecule has 3 rings (SSSR count). The van der Waals surface area contributed by atoms with Gasteiger partial charge in [-0.3, -0.25) is 4.79 Å². The SMILES string of the molecule is COc1cc(OC)c2c(=O)c(O)c(-c3ccccc3)oc2c1OC. The lowest BCUT2D eigenvalue weighted by Crippen LogP contribution is -2.06. The first-order valence-corrected chi connectivity index (χ1v) is 7.16. The lowest BCUT2D eigenvalue weighted by molar-refractivity contribution is 0.347. The molecule has 6 heteroatoms. The summed E-state index contributed by atoms with van der Waals surface area (Å²) in [6, 6.07) is 10.4. The van der Waals surface area contributed by atoms with Gasteiger partial charge in [-0.15, -0.1) is 0 Å². The van der Waals surface area contributed by atoms with Gasteiger partial charge in [0.25, 0.3) is 0 Å². The molecule has 6 nitrogen and oxygen atoms in total. The Morgan fingerprint density at radius 1 is 0.958 bits per heavy atom. The summed E-state index contributed by atoms with van der Waals surface area (Å²) in [4.78, 5) is 12.7. The van der Waals surface area contributed by atoms with Gasteiger partial charge in [-0.1, -0.05) is 30.3 Å². The molecule has 0 aliphatic carbocycles. The van der Waals surface area contributed by atoms with Crippen LogP contribution in [0.1, 0.15) is 0 Å². The molecular weight excluding hydrogens is 312 g/mol. The Morgan fingerprint density at radius 3 is 2.21 bits per heavy atom. The minimum atomic E-state index is -0.604. The van der Waals surface area contributed by atoms with Crippen molar-refractivity contribution in [3.05, 3.63) is 46.6 Å². The number of fused-ring (bicyclic) bond motifs is 1. The molecule has 0 unspecified atom stereocenters. The molecule has 0 saturated heterocycles. The zero-order chi connectivity index (χ0) is 17.3. The van der Waals surface area contributed by atoms with Gasteiger partial charge in [0.1, 0.15) is 11.1 Å². The number of aromatic hydroxyl groups is 1. The van der Waals surface area contributed by atoms with Crippen LogP contribution in [-0.2, 0) is 0 Å². The van der Waals surface area contributed by atoms with E-state index in [0.717, 1.165) is 0 Å². The van der Waals surface area contributed by atoms with Crippen molar-refractivity contribution in [2.75, 3.05) is 21.3 Å². The van der Waals surface area contributed by atoms with Gasteiger partial charge in [0, 0.05) is 11.6 Å². The van der Waals surface area contributed by atoms with Gasteiger partial charge in [0.2, 0.25) is 16.9 Å². The Hall–Kier alpha value is -3.15. The standard InChI is InChI=1S/C18H16O6/c1-21-11-9-12(22-2)17(23-3)18-13(11)14(19)15(20)16(24-18)10-7-5-4-6-8-10/h4-9,20H,1-3H3. The maximum Gasteiger partial charge on any atom is 0.238 e. The molecule has 24 heavy (non-hydrogen) atoms. The van der Waals surface area contributed by atoms with E-state index in [1.165, 1.54) is 27.4 Å². The van der Waals surface area contributed by atoms with E-state index in [1.807, 2.05) is 6.07 Å². The molecule has 0 aliphatic heterocycles. The second kappa shape index (κ2) is 6.16. The number of hydrogen-bond acceptors (Lipinski definition) is 6. The monoisotopic (exact) mass is 328 g/mol. The maximum atomic E-state index is 12.7. The summed E-state index contributed by atoms with van der Waals surface area (Å²) >= 11 is 0. The quantitative estimate of drug-likeness (QED) is 0.792. The van der Waals surface area contributed by atoms with Crippen LogP contribution in [0.2, 0.25) is 0 Å². The van der Waals surface area contributed by atoms with E-state index in [-0.39, 0.29) is 28.2 Å².